The Balaban J connectivity index is 5.63. The van der Waals surface area contributed by atoms with Crippen molar-refractivity contribution >= 4 is 5.97 Å². The van der Waals surface area contributed by atoms with Crippen molar-refractivity contribution in [3.05, 3.63) is 36.1 Å². The van der Waals surface area contributed by atoms with Gasteiger partial charge in [-0.05, 0) is 32.7 Å². The van der Waals surface area contributed by atoms with Crippen molar-refractivity contribution in [1.29, 1.82) is 0 Å². The molecule has 0 aliphatic heterocycles. The molecule has 0 heterocycles. The predicted octanol–water partition coefficient (Wildman–Crippen LogP) is 2.00. The number of carboxylic acid groups (broad SMARTS) is 1. The van der Waals surface area contributed by atoms with Crippen molar-refractivity contribution in [1.82, 2.24) is 4.90 Å². The molecule has 0 saturated carbocycles. The van der Waals surface area contributed by atoms with E-state index < -0.39 is 17.4 Å². The molecule has 0 amide bonds. The van der Waals surface area contributed by atoms with E-state index in [0.717, 1.165) is 5.57 Å². The summed E-state index contributed by atoms with van der Waals surface area (Å²) in [4.78, 5) is 13.1. The van der Waals surface area contributed by atoms with Crippen molar-refractivity contribution in [3.8, 4) is 0 Å². The van der Waals surface area contributed by atoms with Gasteiger partial charge in [-0.15, -0.1) is 0 Å². The molecule has 0 aromatic rings. The van der Waals surface area contributed by atoms with Gasteiger partial charge in [0.25, 0.3) is 0 Å². The van der Waals surface area contributed by atoms with E-state index in [1.54, 1.807) is 37.2 Å². The molecular weight excluding hydrogens is 228 g/mol. The number of nitrogens with two attached hydrogens (primary N) is 1. The summed E-state index contributed by atoms with van der Waals surface area (Å²) in [6.07, 6.45) is 5.20. The number of carbonyl (C=O) groups is 1. The molecule has 0 radical (unpaired) electrons. The molecule has 0 aromatic carbocycles. The van der Waals surface area contributed by atoms with E-state index in [1.807, 2.05) is 20.8 Å². The normalized spacial score (nSPS) is 15.7. The smallest absolute Gasteiger partial charge is 0.321 e. The zero-order chi connectivity index (χ0) is 14.5. The number of carboxylic acids is 1. The monoisotopic (exact) mass is 252 g/mol. The van der Waals surface area contributed by atoms with Crippen LogP contribution < -0.4 is 5.73 Å². The maximum Gasteiger partial charge on any atom is 0.321 e. The quantitative estimate of drug-likeness (QED) is 0.710. The number of nitrogens with zero attached hydrogens (tertiary/aromatic N) is 1. The first-order valence-electron chi connectivity index (χ1n) is 5.84. The van der Waals surface area contributed by atoms with Gasteiger partial charge >= 0.3 is 5.97 Å². The van der Waals surface area contributed by atoms with Crippen molar-refractivity contribution in [2.75, 3.05) is 14.1 Å². The topological polar surface area (TPSA) is 66.6 Å². The molecule has 0 aromatic heterocycles. The number of hydrogen-bond acceptors (Lipinski definition) is 3. The maximum atomic E-state index is 11.4. The molecule has 4 nitrogen and oxygen atoms in total. The van der Waals surface area contributed by atoms with Gasteiger partial charge in [-0.3, -0.25) is 9.69 Å². The predicted molar refractivity (Wildman–Crippen MR) is 75.1 cm³/mol. The number of allylic oxidation sites excluding steroid dienone is 3. The highest BCUT2D eigenvalue weighted by molar-refractivity contribution is 5.75. The molecule has 0 bridgehead atoms. The average Bonchev–Trinajstić information content (AvgIpc) is 2.23. The molecule has 0 aliphatic carbocycles. The lowest BCUT2D eigenvalue weighted by atomic mass is 9.76. The van der Waals surface area contributed by atoms with E-state index in [9.17, 15) is 9.90 Å². The fourth-order valence-electron chi connectivity index (χ4n) is 2.10. The van der Waals surface area contributed by atoms with Crippen molar-refractivity contribution in [2.45, 2.75) is 26.8 Å². The fraction of sp³-hybridized carbons (Fsp3) is 0.500. The minimum absolute atomic E-state index is 0.593. The van der Waals surface area contributed by atoms with E-state index in [2.05, 4.69) is 6.58 Å². The average molecular weight is 252 g/mol. The molecule has 0 spiro atoms. The lowest BCUT2D eigenvalue weighted by molar-refractivity contribution is -0.145. The lowest BCUT2D eigenvalue weighted by Gasteiger charge is -2.36. The van der Waals surface area contributed by atoms with Crippen LogP contribution in [0, 0.1) is 5.41 Å². The first-order valence-corrected chi connectivity index (χ1v) is 5.84. The second-order valence-corrected chi connectivity index (χ2v) is 5.02. The Kier molecular flexibility index (Phi) is 5.85. The molecule has 1 atom stereocenters. The Morgan fingerprint density at radius 1 is 1.44 bits per heavy atom. The van der Waals surface area contributed by atoms with Crippen LogP contribution in [0.3, 0.4) is 0 Å². The van der Waals surface area contributed by atoms with Gasteiger partial charge in [0.2, 0.25) is 0 Å². The standard InChI is InChI=1S/C14H24N2O2/c1-7-10(9-11(15)8-2)14(3,4)12(13(17)18)16(5)6/h7-9,12H,1,15H2,2-6H3,(H,17,18)/b10-9+,11-8+. The van der Waals surface area contributed by atoms with Crippen LogP contribution in [0.2, 0.25) is 0 Å². The number of rotatable bonds is 6. The molecular formula is C14H24N2O2. The van der Waals surface area contributed by atoms with E-state index in [4.69, 9.17) is 5.73 Å². The van der Waals surface area contributed by atoms with E-state index >= 15 is 0 Å². The number of hydrogen-bond donors (Lipinski definition) is 2. The lowest BCUT2D eigenvalue weighted by Crippen LogP contribution is -2.47. The zero-order valence-corrected chi connectivity index (χ0v) is 11.9. The zero-order valence-electron chi connectivity index (χ0n) is 11.9. The molecule has 102 valence electrons. The van der Waals surface area contributed by atoms with Gasteiger partial charge in [0.1, 0.15) is 6.04 Å². The summed E-state index contributed by atoms with van der Waals surface area (Å²) >= 11 is 0. The van der Waals surface area contributed by atoms with E-state index in [1.165, 1.54) is 0 Å². The SMILES string of the molecule is C=C/C(=C\C(N)=C/C)C(C)(C)C(C(=O)O)N(C)C. The third-order valence-electron chi connectivity index (χ3n) is 3.05. The molecule has 0 rings (SSSR count). The minimum Gasteiger partial charge on any atom is -0.480 e. The number of likely N-dealkylation sites (N-methyl/N-ethyl adjacent to an activating group) is 1. The summed E-state index contributed by atoms with van der Waals surface area (Å²) in [5.41, 5.74) is 6.58. The highest BCUT2D eigenvalue weighted by Gasteiger charge is 2.38. The van der Waals surface area contributed by atoms with Crippen molar-refractivity contribution < 1.29 is 9.90 Å². The van der Waals surface area contributed by atoms with Gasteiger partial charge in [-0.2, -0.15) is 0 Å². The van der Waals surface area contributed by atoms with E-state index in [-0.39, 0.29) is 0 Å². The third-order valence-corrected chi connectivity index (χ3v) is 3.05. The Bertz CT molecular complexity index is 379. The molecule has 0 fully saturated rings. The minimum atomic E-state index is -0.864. The summed E-state index contributed by atoms with van der Waals surface area (Å²) in [6, 6.07) is -0.647. The molecule has 0 saturated heterocycles. The van der Waals surface area contributed by atoms with Crippen LogP contribution in [0.25, 0.3) is 0 Å². The van der Waals surface area contributed by atoms with Gasteiger partial charge in [0.15, 0.2) is 0 Å². The van der Waals surface area contributed by atoms with Crippen molar-refractivity contribution in [3.63, 3.8) is 0 Å². The van der Waals surface area contributed by atoms with Crippen LogP contribution in [0.5, 0.6) is 0 Å². The Morgan fingerprint density at radius 3 is 2.22 bits per heavy atom. The largest absolute Gasteiger partial charge is 0.480 e. The third kappa shape index (κ3) is 3.74. The van der Waals surface area contributed by atoms with E-state index in [0.29, 0.717) is 5.70 Å². The van der Waals surface area contributed by atoms with Crippen LogP contribution in [0.1, 0.15) is 20.8 Å². The van der Waals surface area contributed by atoms with Gasteiger partial charge in [0.05, 0.1) is 0 Å². The van der Waals surface area contributed by atoms with Crippen LogP contribution in [-0.4, -0.2) is 36.1 Å². The Labute approximate surface area is 109 Å². The summed E-state index contributed by atoms with van der Waals surface area (Å²) in [5.74, 6) is -0.864. The molecule has 0 aliphatic rings. The summed E-state index contributed by atoms with van der Waals surface area (Å²) in [7, 11) is 3.50. The first kappa shape index (κ1) is 16.4. The van der Waals surface area contributed by atoms with Crippen LogP contribution in [0.15, 0.2) is 36.1 Å². The summed E-state index contributed by atoms with van der Waals surface area (Å²) in [5, 5.41) is 9.37. The van der Waals surface area contributed by atoms with Crippen molar-refractivity contribution in [2.24, 2.45) is 11.1 Å². The fourth-order valence-corrected chi connectivity index (χ4v) is 2.10. The number of aliphatic carboxylic acids is 1. The summed E-state index contributed by atoms with van der Waals surface area (Å²) in [6.45, 7) is 9.34. The Hall–Kier alpha value is -1.55. The van der Waals surface area contributed by atoms with Gasteiger partial charge in [0, 0.05) is 11.1 Å². The molecule has 1 unspecified atom stereocenters. The van der Waals surface area contributed by atoms with Crippen LogP contribution in [-0.2, 0) is 4.79 Å². The second kappa shape index (κ2) is 6.40. The Morgan fingerprint density at radius 2 is 1.94 bits per heavy atom. The summed E-state index contributed by atoms with van der Waals surface area (Å²) < 4.78 is 0. The van der Waals surface area contributed by atoms with Gasteiger partial charge in [-0.25, -0.2) is 0 Å². The maximum absolute atomic E-state index is 11.4. The molecule has 3 N–H and O–H groups in total. The second-order valence-electron chi connectivity index (χ2n) is 5.02. The first-order chi connectivity index (χ1) is 8.18. The molecule has 18 heavy (non-hydrogen) atoms. The highest BCUT2D eigenvalue weighted by atomic mass is 16.4. The van der Waals surface area contributed by atoms with Crippen LogP contribution >= 0.6 is 0 Å². The van der Waals surface area contributed by atoms with Gasteiger partial charge in [-0.1, -0.05) is 32.6 Å². The molecule has 4 heteroatoms. The van der Waals surface area contributed by atoms with Gasteiger partial charge < -0.3 is 10.8 Å². The highest BCUT2D eigenvalue weighted by Crippen LogP contribution is 2.34. The van der Waals surface area contributed by atoms with Crippen LogP contribution in [0.4, 0.5) is 0 Å².